The highest BCUT2D eigenvalue weighted by molar-refractivity contribution is 7.89. The van der Waals surface area contributed by atoms with Gasteiger partial charge in [-0.1, -0.05) is 30.7 Å². The first-order valence-electron chi connectivity index (χ1n) is 11.2. The van der Waals surface area contributed by atoms with Crippen LogP contribution in [0.3, 0.4) is 0 Å². The lowest BCUT2D eigenvalue weighted by Crippen LogP contribution is -2.55. The van der Waals surface area contributed by atoms with Crippen molar-refractivity contribution < 1.29 is 27.1 Å². The molecule has 1 heterocycles. The van der Waals surface area contributed by atoms with Gasteiger partial charge in [0.25, 0.3) is 5.91 Å². The van der Waals surface area contributed by atoms with Crippen molar-refractivity contribution in [2.24, 2.45) is 0 Å². The smallest absolute Gasteiger partial charge is 0.260 e. The van der Waals surface area contributed by atoms with Crippen LogP contribution >= 0.6 is 11.6 Å². The molecular formula is C24H29ClFN3O5S. The van der Waals surface area contributed by atoms with Crippen molar-refractivity contribution >= 4 is 33.4 Å². The second-order valence-corrected chi connectivity index (χ2v) is 10.7. The van der Waals surface area contributed by atoms with Crippen LogP contribution in [0.5, 0.6) is 5.75 Å². The van der Waals surface area contributed by atoms with E-state index >= 15 is 0 Å². The van der Waals surface area contributed by atoms with Crippen LogP contribution in [-0.2, 0) is 32.6 Å². The predicted molar refractivity (Wildman–Crippen MR) is 131 cm³/mol. The van der Waals surface area contributed by atoms with Crippen LogP contribution in [0.2, 0.25) is 5.02 Å². The van der Waals surface area contributed by atoms with Gasteiger partial charge in [-0.05, 0) is 42.3 Å². The van der Waals surface area contributed by atoms with Crippen LogP contribution in [0.4, 0.5) is 4.39 Å². The third kappa shape index (κ3) is 8.19. The lowest BCUT2D eigenvalue weighted by Gasteiger charge is -2.41. The molecule has 35 heavy (non-hydrogen) atoms. The minimum atomic E-state index is -3.70. The highest BCUT2D eigenvalue weighted by Gasteiger charge is 2.29. The number of ether oxygens (including phenoxy) is 1. The predicted octanol–water partition coefficient (Wildman–Crippen LogP) is 2.60. The summed E-state index contributed by atoms with van der Waals surface area (Å²) < 4.78 is 43.4. The Bertz CT molecular complexity index is 1160. The van der Waals surface area contributed by atoms with Crippen LogP contribution in [0.15, 0.2) is 42.5 Å². The third-order valence-electron chi connectivity index (χ3n) is 5.70. The molecule has 1 atom stereocenters. The van der Waals surface area contributed by atoms with Crippen molar-refractivity contribution in [3.05, 3.63) is 64.4 Å². The minimum Gasteiger partial charge on any atom is -0.483 e. The Morgan fingerprint density at radius 2 is 1.89 bits per heavy atom. The molecule has 0 bridgehead atoms. The maximum atomic E-state index is 13.2. The molecular weight excluding hydrogens is 497 g/mol. The normalized spacial score (nSPS) is 16.7. The van der Waals surface area contributed by atoms with Crippen molar-refractivity contribution in [1.82, 2.24) is 14.5 Å². The SMILES string of the molecule is CC[C@@H]1CN(Cc2ccc(F)cc2)CCN1C(=O)COc1ccc(Cl)cc1CC(=O)NS(C)(=O)=O. The minimum absolute atomic E-state index is 0.00512. The Kier molecular flexibility index (Phi) is 9.09. The van der Waals surface area contributed by atoms with Crippen molar-refractivity contribution in [1.29, 1.82) is 0 Å². The zero-order chi connectivity index (χ0) is 25.6. The molecule has 11 heteroatoms. The Labute approximate surface area is 210 Å². The summed E-state index contributed by atoms with van der Waals surface area (Å²) in [4.78, 5) is 29.1. The molecule has 0 aliphatic carbocycles. The van der Waals surface area contributed by atoms with E-state index < -0.39 is 15.9 Å². The molecule has 0 spiro atoms. The fourth-order valence-corrected chi connectivity index (χ4v) is 4.73. The van der Waals surface area contributed by atoms with Gasteiger partial charge < -0.3 is 9.64 Å². The molecule has 8 nitrogen and oxygen atoms in total. The van der Waals surface area contributed by atoms with E-state index in [9.17, 15) is 22.4 Å². The van der Waals surface area contributed by atoms with E-state index in [4.69, 9.17) is 16.3 Å². The molecule has 1 aliphatic heterocycles. The number of nitrogens with one attached hydrogen (secondary N) is 1. The van der Waals surface area contributed by atoms with E-state index in [-0.39, 0.29) is 36.5 Å². The molecule has 0 saturated carbocycles. The number of hydrogen-bond donors (Lipinski definition) is 1. The molecule has 2 amide bonds. The van der Waals surface area contributed by atoms with Crippen LogP contribution in [0, 0.1) is 5.82 Å². The van der Waals surface area contributed by atoms with E-state index in [1.807, 2.05) is 11.6 Å². The maximum Gasteiger partial charge on any atom is 0.260 e. The number of carbonyl (C=O) groups excluding carboxylic acids is 2. The number of sulfonamides is 1. The summed E-state index contributed by atoms with van der Waals surface area (Å²) in [6.07, 6.45) is 1.39. The summed E-state index contributed by atoms with van der Waals surface area (Å²) in [7, 11) is -3.70. The number of amides is 2. The summed E-state index contributed by atoms with van der Waals surface area (Å²) in [6, 6.07) is 11.1. The standard InChI is InChI=1S/C24H29ClFN3O5S/c1-3-21-15-28(14-17-4-7-20(26)8-5-17)10-11-29(21)24(31)16-34-22-9-6-19(25)12-18(22)13-23(30)27-35(2,32)33/h4-9,12,21H,3,10-11,13-16H2,1-2H3,(H,27,30)/t21-/m1/s1. The van der Waals surface area contributed by atoms with Gasteiger partial charge in [-0.2, -0.15) is 0 Å². The first-order chi connectivity index (χ1) is 16.5. The van der Waals surface area contributed by atoms with Crippen molar-refractivity contribution in [3.8, 4) is 5.75 Å². The summed E-state index contributed by atoms with van der Waals surface area (Å²) in [5.41, 5.74) is 1.39. The van der Waals surface area contributed by atoms with E-state index in [2.05, 4.69) is 4.90 Å². The van der Waals surface area contributed by atoms with Gasteiger partial charge in [-0.3, -0.25) is 19.2 Å². The number of piperazine rings is 1. The van der Waals surface area contributed by atoms with E-state index in [1.54, 1.807) is 29.2 Å². The molecule has 2 aromatic rings. The topological polar surface area (TPSA) is 96.0 Å². The maximum absolute atomic E-state index is 13.2. The molecule has 2 aromatic carbocycles. The number of carbonyl (C=O) groups is 2. The number of halogens is 2. The average molecular weight is 526 g/mol. The summed E-state index contributed by atoms with van der Waals surface area (Å²) in [6.45, 7) is 4.38. The van der Waals surface area contributed by atoms with Gasteiger partial charge in [0, 0.05) is 42.8 Å². The fourth-order valence-electron chi connectivity index (χ4n) is 4.05. The van der Waals surface area contributed by atoms with Gasteiger partial charge in [0.1, 0.15) is 11.6 Å². The van der Waals surface area contributed by atoms with Gasteiger partial charge >= 0.3 is 0 Å². The first kappa shape index (κ1) is 26.9. The lowest BCUT2D eigenvalue weighted by atomic mass is 10.1. The van der Waals surface area contributed by atoms with Crippen LogP contribution < -0.4 is 9.46 Å². The summed E-state index contributed by atoms with van der Waals surface area (Å²) >= 11 is 6.03. The fraction of sp³-hybridized carbons (Fsp3) is 0.417. The van der Waals surface area contributed by atoms with Crippen LogP contribution in [0.25, 0.3) is 0 Å². The quantitative estimate of drug-likeness (QED) is 0.540. The zero-order valence-electron chi connectivity index (χ0n) is 19.7. The Morgan fingerprint density at radius 3 is 2.54 bits per heavy atom. The lowest BCUT2D eigenvalue weighted by molar-refractivity contribution is -0.138. The van der Waals surface area contributed by atoms with E-state index in [0.717, 1.165) is 18.2 Å². The van der Waals surface area contributed by atoms with Crippen LogP contribution in [0.1, 0.15) is 24.5 Å². The molecule has 190 valence electrons. The largest absolute Gasteiger partial charge is 0.483 e. The van der Waals surface area contributed by atoms with Crippen molar-refractivity contribution in [2.45, 2.75) is 32.4 Å². The monoisotopic (exact) mass is 525 g/mol. The van der Waals surface area contributed by atoms with Gasteiger partial charge in [-0.25, -0.2) is 12.8 Å². The van der Waals surface area contributed by atoms with Crippen LogP contribution in [-0.4, -0.2) is 68.6 Å². The second kappa shape index (κ2) is 11.8. The summed E-state index contributed by atoms with van der Waals surface area (Å²) in [5, 5.41) is 0.356. The average Bonchev–Trinajstić information content (AvgIpc) is 2.78. The number of benzene rings is 2. The number of hydrogen-bond acceptors (Lipinski definition) is 6. The zero-order valence-corrected chi connectivity index (χ0v) is 21.2. The first-order valence-corrected chi connectivity index (χ1v) is 13.5. The third-order valence-corrected chi connectivity index (χ3v) is 6.54. The Morgan fingerprint density at radius 1 is 1.17 bits per heavy atom. The molecule has 0 aromatic heterocycles. The van der Waals surface area contributed by atoms with Gasteiger partial charge in [0.2, 0.25) is 15.9 Å². The highest BCUT2D eigenvalue weighted by Crippen LogP contribution is 2.24. The Balaban J connectivity index is 1.60. The van der Waals surface area contributed by atoms with Gasteiger partial charge in [-0.15, -0.1) is 0 Å². The second-order valence-electron chi connectivity index (χ2n) is 8.53. The molecule has 1 fully saturated rings. The van der Waals surface area contributed by atoms with E-state index in [0.29, 0.717) is 36.8 Å². The highest BCUT2D eigenvalue weighted by atomic mass is 35.5. The molecule has 0 radical (unpaired) electrons. The molecule has 1 N–H and O–H groups in total. The van der Waals surface area contributed by atoms with Crippen molar-refractivity contribution in [2.75, 3.05) is 32.5 Å². The molecule has 3 rings (SSSR count). The molecule has 1 aliphatic rings. The summed E-state index contributed by atoms with van der Waals surface area (Å²) in [5.74, 6) is -0.890. The van der Waals surface area contributed by atoms with Crippen molar-refractivity contribution in [3.63, 3.8) is 0 Å². The number of rotatable bonds is 9. The van der Waals surface area contributed by atoms with E-state index in [1.165, 1.54) is 18.2 Å². The van der Waals surface area contributed by atoms with Gasteiger partial charge in [0.15, 0.2) is 6.61 Å². The Hall–Kier alpha value is -2.69. The number of nitrogens with zero attached hydrogens (tertiary/aromatic N) is 2. The molecule has 1 saturated heterocycles. The molecule has 0 unspecified atom stereocenters. The van der Waals surface area contributed by atoms with Gasteiger partial charge in [0.05, 0.1) is 12.7 Å².